The molecule has 2 heterocycles. The molecule has 0 saturated carbocycles. The molecule has 0 atom stereocenters. The van der Waals surface area contributed by atoms with E-state index in [9.17, 15) is 4.79 Å². The van der Waals surface area contributed by atoms with Gasteiger partial charge < -0.3 is 9.64 Å². The molecular formula is C22H24Cl2N4O2. The van der Waals surface area contributed by atoms with Gasteiger partial charge in [-0.1, -0.05) is 17.7 Å². The van der Waals surface area contributed by atoms with Crippen LogP contribution in [0.25, 0.3) is 16.8 Å². The van der Waals surface area contributed by atoms with Gasteiger partial charge in [-0.05, 0) is 69.0 Å². The smallest absolute Gasteiger partial charge is 0.389 e. The van der Waals surface area contributed by atoms with Gasteiger partial charge in [-0.15, -0.1) is 17.5 Å². The molecule has 1 aliphatic carbocycles. The van der Waals surface area contributed by atoms with E-state index in [-0.39, 0.29) is 17.9 Å². The summed E-state index contributed by atoms with van der Waals surface area (Å²) in [6, 6.07) is 9.57. The van der Waals surface area contributed by atoms with Gasteiger partial charge in [-0.2, -0.15) is 0 Å². The molecule has 1 aliphatic rings. The second-order valence-electron chi connectivity index (χ2n) is 8.14. The maximum absolute atomic E-state index is 12.8. The van der Waals surface area contributed by atoms with E-state index < -0.39 is 6.09 Å². The number of fused-ring (bicyclic) bond motifs is 3. The van der Waals surface area contributed by atoms with Crippen LogP contribution in [0.2, 0.25) is 5.02 Å². The lowest BCUT2D eigenvalue weighted by molar-refractivity contribution is 0.123. The van der Waals surface area contributed by atoms with Crippen LogP contribution in [0.15, 0.2) is 42.7 Å². The molecule has 0 saturated heterocycles. The monoisotopic (exact) mass is 446 g/mol. The number of amides is 1. The average molecular weight is 447 g/mol. The predicted octanol–water partition coefficient (Wildman–Crippen LogP) is 5.34. The molecular weight excluding hydrogens is 423 g/mol. The molecule has 6 nitrogen and oxygen atoms in total. The Morgan fingerprint density at radius 3 is 2.53 bits per heavy atom. The van der Waals surface area contributed by atoms with E-state index in [0.29, 0.717) is 10.9 Å². The molecule has 0 bridgehead atoms. The van der Waals surface area contributed by atoms with Crippen molar-refractivity contribution in [3.05, 3.63) is 59.0 Å². The number of aromatic nitrogens is 3. The third-order valence-electron chi connectivity index (χ3n) is 5.29. The Morgan fingerprint density at radius 1 is 1.17 bits per heavy atom. The Kier molecular flexibility index (Phi) is 6.11. The molecule has 0 spiro atoms. The minimum Gasteiger partial charge on any atom is -0.389 e. The van der Waals surface area contributed by atoms with E-state index >= 15 is 0 Å². The Morgan fingerprint density at radius 2 is 1.87 bits per heavy atom. The summed E-state index contributed by atoms with van der Waals surface area (Å²) < 4.78 is 7.64. The number of halogens is 2. The normalized spacial score (nSPS) is 12.4. The Bertz CT molecular complexity index is 1070. The van der Waals surface area contributed by atoms with Gasteiger partial charge in [0, 0.05) is 30.0 Å². The number of benzene rings is 1. The molecule has 8 heteroatoms. The molecule has 0 fully saturated rings. The molecule has 0 unspecified atom stereocenters. The van der Waals surface area contributed by atoms with E-state index in [1.165, 1.54) is 0 Å². The molecule has 0 N–H and O–H groups in total. The SMILES string of the molecule is CN(C(=O)Oc1nn(-c2ccncc2)c2c1-c1ccc(Cl)cc1CC2)C(C)(C)C.Cl. The first-order valence-electron chi connectivity index (χ1n) is 9.52. The first-order valence-corrected chi connectivity index (χ1v) is 9.90. The van der Waals surface area contributed by atoms with Crippen molar-refractivity contribution in [1.29, 1.82) is 0 Å². The molecule has 1 aromatic carbocycles. The van der Waals surface area contributed by atoms with Gasteiger partial charge in [0.15, 0.2) is 0 Å². The number of hydrogen-bond acceptors (Lipinski definition) is 4. The fourth-order valence-corrected chi connectivity index (χ4v) is 3.59. The zero-order valence-electron chi connectivity index (χ0n) is 17.3. The van der Waals surface area contributed by atoms with Crippen LogP contribution in [0, 0.1) is 0 Å². The van der Waals surface area contributed by atoms with Gasteiger partial charge in [0.05, 0.1) is 16.9 Å². The molecule has 3 aromatic rings. The van der Waals surface area contributed by atoms with Crippen molar-refractivity contribution in [2.24, 2.45) is 0 Å². The number of carbonyl (C=O) groups excluding carboxylic acids is 1. The molecule has 1 amide bonds. The van der Waals surface area contributed by atoms with Crippen LogP contribution in [-0.4, -0.2) is 38.3 Å². The summed E-state index contributed by atoms with van der Waals surface area (Å²) in [5, 5.41) is 5.37. The lowest BCUT2D eigenvalue weighted by Crippen LogP contribution is -2.44. The highest BCUT2D eigenvalue weighted by molar-refractivity contribution is 6.30. The van der Waals surface area contributed by atoms with Crippen LogP contribution in [0.4, 0.5) is 4.79 Å². The molecule has 30 heavy (non-hydrogen) atoms. The summed E-state index contributed by atoms with van der Waals surface area (Å²) in [5.74, 6) is 0.307. The van der Waals surface area contributed by atoms with Crippen molar-refractivity contribution in [2.45, 2.75) is 39.2 Å². The van der Waals surface area contributed by atoms with Gasteiger partial charge in [0.1, 0.15) is 0 Å². The number of hydrogen-bond donors (Lipinski definition) is 0. The van der Waals surface area contributed by atoms with Crippen molar-refractivity contribution < 1.29 is 9.53 Å². The van der Waals surface area contributed by atoms with E-state index in [4.69, 9.17) is 16.3 Å². The standard InChI is InChI=1S/C22H23ClN4O2.ClH/c1-22(2,3)26(4)21(28)29-20-19-17-7-6-15(23)13-14(17)5-8-18(19)27(25-20)16-9-11-24-12-10-16;/h6-7,9-13H,5,8H2,1-4H3;1H. The highest BCUT2D eigenvalue weighted by atomic mass is 35.5. The summed E-state index contributed by atoms with van der Waals surface area (Å²) in [6.45, 7) is 5.86. The molecule has 158 valence electrons. The summed E-state index contributed by atoms with van der Waals surface area (Å²) in [5.41, 5.74) is 4.48. The van der Waals surface area contributed by atoms with Crippen LogP contribution in [0.3, 0.4) is 0 Å². The third-order valence-corrected chi connectivity index (χ3v) is 5.52. The highest BCUT2D eigenvalue weighted by Gasteiger charge is 2.31. The van der Waals surface area contributed by atoms with Crippen LogP contribution in [0.5, 0.6) is 5.88 Å². The van der Waals surface area contributed by atoms with Crippen LogP contribution < -0.4 is 4.74 Å². The lowest BCUT2D eigenvalue weighted by Gasteiger charge is -2.30. The van der Waals surface area contributed by atoms with Crippen molar-refractivity contribution >= 4 is 30.1 Å². The molecule has 2 aromatic heterocycles. The third kappa shape index (κ3) is 4.02. The van der Waals surface area contributed by atoms with Crippen LogP contribution >= 0.6 is 24.0 Å². The second-order valence-corrected chi connectivity index (χ2v) is 8.58. The van der Waals surface area contributed by atoms with Gasteiger partial charge in [-0.25, -0.2) is 9.48 Å². The first-order chi connectivity index (χ1) is 13.8. The molecule has 0 aliphatic heterocycles. The number of nitrogens with zero attached hydrogens (tertiary/aromatic N) is 4. The summed E-state index contributed by atoms with van der Waals surface area (Å²) in [7, 11) is 1.72. The predicted molar refractivity (Wildman–Crippen MR) is 120 cm³/mol. The zero-order valence-corrected chi connectivity index (χ0v) is 18.9. The number of carbonyl (C=O) groups is 1. The van der Waals surface area contributed by atoms with E-state index in [2.05, 4.69) is 10.1 Å². The lowest BCUT2D eigenvalue weighted by atomic mass is 9.89. The fraction of sp³-hybridized carbons (Fsp3) is 0.318. The van der Waals surface area contributed by atoms with Crippen molar-refractivity contribution in [2.75, 3.05) is 7.05 Å². The van der Waals surface area contributed by atoms with Gasteiger partial charge >= 0.3 is 6.09 Å². The maximum Gasteiger partial charge on any atom is 0.416 e. The topological polar surface area (TPSA) is 60.3 Å². The first kappa shape index (κ1) is 22.1. The van der Waals surface area contributed by atoms with Crippen molar-refractivity contribution in [3.8, 4) is 22.7 Å². The van der Waals surface area contributed by atoms with Crippen LogP contribution in [0.1, 0.15) is 32.0 Å². The molecule has 4 rings (SSSR count). The summed E-state index contributed by atoms with van der Waals surface area (Å²) in [4.78, 5) is 18.4. The Labute approximate surface area is 187 Å². The minimum absolute atomic E-state index is 0. The minimum atomic E-state index is -0.444. The van der Waals surface area contributed by atoms with E-state index in [1.807, 2.05) is 55.8 Å². The number of pyridine rings is 1. The largest absolute Gasteiger partial charge is 0.416 e. The quantitative estimate of drug-likeness (QED) is 0.532. The zero-order chi connectivity index (χ0) is 20.8. The van der Waals surface area contributed by atoms with Crippen molar-refractivity contribution in [3.63, 3.8) is 0 Å². The average Bonchev–Trinajstić information content (AvgIpc) is 3.05. The number of rotatable bonds is 2. The van der Waals surface area contributed by atoms with Gasteiger partial charge in [0.25, 0.3) is 5.88 Å². The summed E-state index contributed by atoms with van der Waals surface area (Å²) in [6.07, 6.45) is 4.61. The highest BCUT2D eigenvalue weighted by Crippen LogP contribution is 2.41. The van der Waals surface area contributed by atoms with Crippen LogP contribution in [-0.2, 0) is 12.8 Å². The van der Waals surface area contributed by atoms with E-state index in [0.717, 1.165) is 40.9 Å². The Hall–Kier alpha value is -2.57. The number of aryl methyl sites for hydroxylation is 1. The number of ether oxygens (including phenoxy) is 1. The van der Waals surface area contributed by atoms with Gasteiger partial charge in [0.2, 0.25) is 0 Å². The molecule has 0 radical (unpaired) electrons. The summed E-state index contributed by atoms with van der Waals surface area (Å²) >= 11 is 6.20. The maximum atomic E-state index is 12.8. The van der Waals surface area contributed by atoms with Gasteiger partial charge in [-0.3, -0.25) is 4.98 Å². The van der Waals surface area contributed by atoms with Crippen molar-refractivity contribution in [1.82, 2.24) is 19.7 Å². The van der Waals surface area contributed by atoms with E-state index in [1.54, 1.807) is 24.3 Å². The second kappa shape index (κ2) is 8.28. The Balaban J connectivity index is 0.00000256. The fourth-order valence-electron chi connectivity index (χ4n) is 3.39.